The molecule has 6 spiro atoms. The van der Waals surface area contributed by atoms with Gasteiger partial charge >= 0.3 is 17.8 Å². The zero-order valence-corrected chi connectivity index (χ0v) is 45.7. The Morgan fingerprint density at radius 1 is 0.351 bits per heavy atom. The summed E-state index contributed by atoms with van der Waals surface area (Å²) in [4.78, 5) is 0. The van der Waals surface area contributed by atoms with Crippen LogP contribution in [0.25, 0.3) is 0 Å². The summed E-state index contributed by atoms with van der Waals surface area (Å²) in [6, 6.07) is 0. The molecule has 312 valence electrons. The lowest BCUT2D eigenvalue weighted by Crippen LogP contribution is -2.44. The highest BCUT2D eigenvalue weighted by molar-refractivity contribution is 9.12. The lowest BCUT2D eigenvalue weighted by molar-refractivity contribution is -0.0136. The summed E-state index contributed by atoms with van der Waals surface area (Å²) < 4.78 is 88.5. The molecule has 0 bridgehead atoms. The molecule has 0 saturated carbocycles. The number of thioether (sulfide) groups is 12. The molecule has 9 aliphatic rings. The van der Waals surface area contributed by atoms with E-state index in [2.05, 4.69) is 47.8 Å². The first-order chi connectivity index (χ1) is 27.2. The predicted octanol–water partition coefficient (Wildman–Crippen LogP) is 16.3. The van der Waals surface area contributed by atoms with Crippen LogP contribution in [-0.4, -0.2) is 86.8 Å². The molecule has 12 rings (SSSR count). The Hall–Kier alpha value is 4.32. The SMILES string of the molecule is FC1(F)C2(SCCS2)c2c(Br)sc(Br)c2C12SCCS2.FC1(F)C2(SCCS2)c2csc(Br)c2C12SCCS2.FC1(F)C2(SCCS2)c2cscc2C12SCCS2. The van der Waals surface area contributed by atoms with Gasteiger partial charge < -0.3 is 0 Å². The van der Waals surface area contributed by atoms with Crippen molar-refractivity contribution in [3.63, 3.8) is 0 Å². The number of thiophene rings is 3. The van der Waals surface area contributed by atoms with Crippen molar-refractivity contribution in [2.24, 2.45) is 0 Å². The van der Waals surface area contributed by atoms with Crippen LogP contribution in [0, 0.1) is 0 Å². The van der Waals surface area contributed by atoms with Gasteiger partial charge in [0, 0.05) is 102 Å². The molecule has 24 heteroatoms. The molecule has 0 unspecified atom stereocenters. The molecule has 3 aliphatic carbocycles. The van der Waals surface area contributed by atoms with Gasteiger partial charge in [0.1, 0.15) is 0 Å². The third-order valence-corrected chi connectivity index (χ3v) is 37.1. The van der Waals surface area contributed by atoms with Gasteiger partial charge in [-0.05, 0) is 63.9 Å². The van der Waals surface area contributed by atoms with Gasteiger partial charge in [0.05, 0.1) is 11.4 Å². The van der Waals surface area contributed by atoms with Crippen LogP contribution in [0.5, 0.6) is 0 Å². The number of hydrogen-bond acceptors (Lipinski definition) is 15. The quantitative estimate of drug-likeness (QED) is 0.197. The molecule has 3 aromatic rings. The first-order valence-electron chi connectivity index (χ1n) is 17.3. The minimum Gasteiger partial charge on any atom is -0.201 e. The van der Waals surface area contributed by atoms with Crippen molar-refractivity contribution in [3.8, 4) is 0 Å². The first-order valence-corrected chi connectivity index (χ1v) is 34.1. The molecule has 0 radical (unpaired) electrons. The summed E-state index contributed by atoms with van der Waals surface area (Å²) in [7, 11) is 0. The van der Waals surface area contributed by atoms with E-state index in [-0.39, 0.29) is 0 Å². The van der Waals surface area contributed by atoms with Gasteiger partial charge in [-0.3, -0.25) is 0 Å². The van der Waals surface area contributed by atoms with Crippen LogP contribution in [-0.2, 0) is 24.5 Å². The highest BCUT2D eigenvalue weighted by Gasteiger charge is 2.80. The van der Waals surface area contributed by atoms with Crippen LogP contribution >= 0.6 is 223 Å². The molecule has 0 aromatic carbocycles. The average Bonchev–Trinajstić information content (AvgIpc) is 4.03. The zero-order chi connectivity index (χ0) is 39.9. The van der Waals surface area contributed by atoms with Gasteiger partial charge in [-0.15, -0.1) is 164 Å². The number of halogens is 9. The summed E-state index contributed by atoms with van der Waals surface area (Å²) in [6.07, 6.45) is 0. The number of hydrogen-bond donors (Lipinski definition) is 0. The van der Waals surface area contributed by atoms with Gasteiger partial charge in [-0.2, -0.15) is 11.3 Å². The smallest absolute Gasteiger partial charge is 0.201 e. The van der Waals surface area contributed by atoms with Gasteiger partial charge in [-0.25, -0.2) is 26.3 Å². The molecule has 0 nitrogen and oxygen atoms in total. The lowest BCUT2D eigenvalue weighted by atomic mass is 10.2. The molecule has 0 atom stereocenters. The standard InChI is InChI=1S/C11H8Br2F2S5.C11H9BrF2S5.C11H10F2S5/c12-7-5-6(8(13)20-7)10(18-3-4-19-10)11(14,15)9(5)16-1-2-17-9;12-8-7-6(5-15-8)9(16-1-2-17-9)11(13,14)10(7)18-3-4-19-10;12-11(13)9(15-1-2-16-9)7-5-14-6-8(7)10(11)17-3-4-18-10/h1-4H2;5H,1-4H2;5-6H,1-4H2. The molecule has 0 amide bonds. The second-order valence-corrected chi connectivity index (χ2v) is 37.4. The van der Waals surface area contributed by atoms with E-state index < -0.39 is 42.2 Å². The Kier molecular flexibility index (Phi) is 12.6. The van der Waals surface area contributed by atoms with Crippen LogP contribution in [0.15, 0.2) is 27.5 Å². The third kappa shape index (κ3) is 5.85. The van der Waals surface area contributed by atoms with E-state index in [1.54, 1.807) is 34.0 Å². The maximum atomic E-state index is 15.5. The minimum absolute atomic E-state index is 0.797. The average molecular weight is 1260 g/mol. The number of alkyl halides is 6. The van der Waals surface area contributed by atoms with Crippen molar-refractivity contribution >= 4 is 223 Å². The summed E-state index contributed by atoms with van der Waals surface area (Å²) in [5.74, 6) is 1.70. The van der Waals surface area contributed by atoms with E-state index in [4.69, 9.17) is 0 Å². The summed E-state index contributed by atoms with van der Waals surface area (Å²) >= 11 is 32.6. The summed E-state index contributed by atoms with van der Waals surface area (Å²) in [5, 5.41) is 5.87. The van der Waals surface area contributed by atoms with E-state index >= 15 is 26.3 Å². The largest absolute Gasteiger partial charge is 0.303 e. The maximum absolute atomic E-state index is 15.5. The highest BCUT2D eigenvalue weighted by Crippen LogP contribution is 2.82. The predicted molar refractivity (Wildman–Crippen MR) is 270 cm³/mol. The lowest BCUT2D eigenvalue weighted by Gasteiger charge is -2.37. The van der Waals surface area contributed by atoms with Crippen molar-refractivity contribution in [1.82, 2.24) is 0 Å². The van der Waals surface area contributed by atoms with Crippen molar-refractivity contribution in [2.75, 3.05) is 69.0 Å². The van der Waals surface area contributed by atoms with Crippen LogP contribution in [0.3, 0.4) is 0 Å². The van der Waals surface area contributed by atoms with Crippen LogP contribution in [0.4, 0.5) is 26.3 Å². The number of rotatable bonds is 0. The van der Waals surface area contributed by atoms with Gasteiger partial charge in [-0.1, -0.05) is 0 Å². The molecule has 57 heavy (non-hydrogen) atoms. The Morgan fingerprint density at radius 2 is 0.632 bits per heavy atom. The normalized spacial score (nSPS) is 29.4. The molecule has 3 aromatic heterocycles. The molecule has 0 N–H and O–H groups in total. The van der Waals surface area contributed by atoms with E-state index in [9.17, 15) is 0 Å². The molecular formula is C33H27Br3F6S15. The summed E-state index contributed by atoms with van der Waals surface area (Å²) in [5.41, 5.74) is 5.25. The van der Waals surface area contributed by atoms with E-state index in [1.807, 2.05) is 16.1 Å². The van der Waals surface area contributed by atoms with Crippen LogP contribution in [0.1, 0.15) is 33.4 Å². The fraction of sp³-hybridized carbons (Fsp3) is 0.636. The fourth-order valence-corrected chi connectivity index (χ4v) is 37.8. The monoisotopic (exact) mass is 1250 g/mol. The molecule has 6 aliphatic heterocycles. The van der Waals surface area contributed by atoms with E-state index in [1.165, 1.54) is 141 Å². The molecule has 9 heterocycles. The van der Waals surface area contributed by atoms with Crippen molar-refractivity contribution < 1.29 is 26.3 Å². The van der Waals surface area contributed by atoms with Crippen molar-refractivity contribution in [1.29, 1.82) is 0 Å². The third-order valence-electron chi connectivity index (χ3n) is 10.9. The van der Waals surface area contributed by atoms with Gasteiger partial charge in [0.15, 0.2) is 24.5 Å². The highest BCUT2D eigenvalue weighted by atomic mass is 79.9. The molecular weight excluding hydrogens is 1230 g/mol. The fourth-order valence-electron chi connectivity index (χ4n) is 8.75. The second-order valence-electron chi connectivity index (χ2n) is 13.5. The zero-order valence-electron chi connectivity index (χ0n) is 28.7. The van der Waals surface area contributed by atoms with Crippen LogP contribution < -0.4 is 0 Å². The Bertz CT molecular complexity index is 1960. The second kappa shape index (κ2) is 16.0. The number of fused-ring (bicyclic) bond motifs is 9. The summed E-state index contributed by atoms with van der Waals surface area (Å²) in [6.45, 7) is 0. The van der Waals surface area contributed by atoms with Gasteiger partial charge in [0.2, 0.25) is 0 Å². The van der Waals surface area contributed by atoms with Gasteiger partial charge in [0.25, 0.3) is 0 Å². The Balaban J connectivity index is 0.000000104. The van der Waals surface area contributed by atoms with E-state index in [0.29, 0.717) is 0 Å². The topological polar surface area (TPSA) is 0 Å². The Labute approximate surface area is 415 Å². The maximum Gasteiger partial charge on any atom is 0.303 e. The van der Waals surface area contributed by atoms with Crippen molar-refractivity contribution in [2.45, 2.75) is 42.2 Å². The molecule has 6 fully saturated rings. The van der Waals surface area contributed by atoms with Crippen LogP contribution in [0.2, 0.25) is 0 Å². The van der Waals surface area contributed by atoms with Crippen molar-refractivity contribution in [3.05, 3.63) is 60.9 Å². The first kappa shape index (κ1) is 45.1. The molecule has 6 saturated heterocycles. The van der Waals surface area contributed by atoms with E-state index in [0.717, 1.165) is 114 Å². The minimum atomic E-state index is -2.73. The Morgan fingerprint density at radius 3 is 1.00 bits per heavy atom.